The quantitative estimate of drug-likeness (QED) is 0.809. The number of piperazine rings is 1. The first kappa shape index (κ1) is 11.5. The van der Waals surface area contributed by atoms with Gasteiger partial charge in [-0.25, -0.2) is 9.67 Å². The third kappa shape index (κ3) is 2.59. The first-order chi connectivity index (χ1) is 7.61. The van der Waals surface area contributed by atoms with Crippen molar-refractivity contribution in [2.24, 2.45) is 0 Å². The summed E-state index contributed by atoms with van der Waals surface area (Å²) in [6.07, 6.45) is 1.65. The average molecular weight is 223 g/mol. The van der Waals surface area contributed by atoms with Crippen molar-refractivity contribution in [2.75, 3.05) is 19.6 Å². The van der Waals surface area contributed by atoms with Gasteiger partial charge in [-0.2, -0.15) is 5.10 Å². The molecule has 1 aliphatic heterocycles. The Morgan fingerprint density at radius 1 is 1.50 bits per heavy atom. The van der Waals surface area contributed by atoms with Crippen molar-refractivity contribution in [3.63, 3.8) is 0 Å². The Kier molecular flexibility index (Phi) is 3.25. The molecule has 0 aromatic carbocycles. The number of nitrogens with zero attached hydrogens (tertiary/aromatic N) is 4. The van der Waals surface area contributed by atoms with Gasteiger partial charge in [0.05, 0.1) is 6.54 Å². The Bertz CT molecular complexity index is 344. The predicted molar refractivity (Wildman–Crippen MR) is 63.1 cm³/mol. The lowest BCUT2D eigenvalue weighted by atomic mass is 10.0. The minimum atomic E-state index is 0.204. The summed E-state index contributed by atoms with van der Waals surface area (Å²) < 4.78 is 1.97. The van der Waals surface area contributed by atoms with Crippen molar-refractivity contribution in [2.45, 2.75) is 39.4 Å². The predicted octanol–water partition coefficient (Wildman–Crippen LogP) is 0.482. The molecule has 0 saturated carbocycles. The molecule has 1 aromatic rings. The van der Waals surface area contributed by atoms with Gasteiger partial charge < -0.3 is 5.32 Å². The zero-order valence-corrected chi connectivity index (χ0v) is 10.4. The molecule has 0 radical (unpaired) electrons. The van der Waals surface area contributed by atoms with E-state index < -0.39 is 0 Å². The molecule has 0 spiro atoms. The molecule has 90 valence electrons. The van der Waals surface area contributed by atoms with Crippen molar-refractivity contribution in [3.05, 3.63) is 12.2 Å². The van der Waals surface area contributed by atoms with Crippen molar-refractivity contribution in [3.8, 4) is 0 Å². The number of rotatable bonds is 3. The first-order valence-corrected chi connectivity index (χ1v) is 5.95. The summed E-state index contributed by atoms with van der Waals surface area (Å²) in [5.74, 6) is 1.07. The van der Waals surface area contributed by atoms with E-state index in [0.29, 0.717) is 0 Å². The van der Waals surface area contributed by atoms with Crippen LogP contribution in [0.1, 0.15) is 26.6 Å². The van der Waals surface area contributed by atoms with Crippen molar-refractivity contribution < 1.29 is 0 Å². The molecule has 0 bridgehead atoms. The fraction of sp³-hybridized carbons (Fsp3) is 0.818. The van der Waals surface area contributed by atoms with Crippen LogP contribution in [-0.2, 0) is 13.1 Å². The lowest BCUT2D eigenvalue weighted by molar-refractivity contribution is 0.143. The van der Waals surface area contributed by atoms with Crippen LogP contribution in [0.2, 0.25) is 0 Å². The smallest absolute Gasteiger partial charge is 0.140 e. The summed E-state index contributed by atoms with van der Waals surface area (Å²) in [6, 6.07) is 0. The molecule has 2 rings (SSSR count). The minimum Gasteiger partial charge on any atom is -0.309 e. The second-order valence-electron chi connectivity index (χ2n) is 5.01. The van der Waals surface area contributed by atoms with E-state index in [4.69, 9.17) is 0 Å². The first-order valence-electron chi connectivity index (χ1n) is 5.95. The maximum absolute atomic E-state index is 4.32. The van der Waals surface area contributed by atoms with E-state index in [0.717, 1.165) is 38.5 Å². The molecule has 0 unspecified atom stereocenters. The third-order valence-corrected chi connectivity index (χ3v) is 3.01. The molecule has 0 amide bonds. The average Bonchev–Trinajstić information content (AvgIpc) is 2.63. The highest BCUT2D eigenvalue weighted by molar-refractivity contribution is 4.91. The molecular formula is C11H21N5. The monoisotopic (exact) mass is 223 g/mol. The Balaban J connectivity index is 1.99. The molecule has 0 atom stereocenters. The molecular weight excluding hydrogens is 202 g/mol. The van der Waals surface area contributed by atoms with Crippen LogP contribution in [0.4, 0.5) is 0 Å². The zero-order valence-electron chi connectivity index (χ0n) is 10.4. The molecule has 1 saturated heterocycles. The minimum absolute atomic E-state index is 0.204. The summed E-state index contributed by atoms with van der Waals surface area (Å²) in [6.45, 7) is 11.6. The highest BCUT2D eigenvalue weighted by atomic mass is 15.4. The topological polar surface area (TPSA) is 46.0 Å². The van der Waals surface area contributed by atoms with E-state index in [1.54, 1.807) is 6.33 Å². The fourth-order valence-corrected chi connectivity index (χ4v) is 2.26. The fourth-order valence-electron chi connectivity index (χ4n) is 2.26. The molecule has 1 N–H and O–H groups in total. The van der Waals surface area contributed by atoms with Crippen LogP contribution < -0.4 is 5.32 Å². The van der Waals surface area contributed by atoms with Crippen LogP contribution in [0.15, 0.2) is 6.33 Å². The van der Waals surface area contributed by atoms with Crippen LogP contribution in [0.5, 0.6) is 0 Å². The zero-order chi connectivity index (χ0) is 11.6. The molecule has 2 heterocycles. The van der Waals surface area contributed by atoms with Gasteiger partial charge in [0.15, 0.2) is 0 Å². The second-order valence-corrected chi connectivity index (χ2v) is 5.01. The van der Waals surface area contributed by atoms with Crippen LogP contribution in [0.3, 0.4) is 0 Å². The molecule has 0 aliphatic carbocycles. The number of aromatic nitrogens is 3. The van der Waals surface area contributed by atoms with Crippen LogP contribution in [-0.4, -0.2) is 44.8 Å². The van der Waals surface area contributed by atoms with E-state index in [2.05, 4.69) is 41.1 Å². The number of nitrogens with one attached hydrogen (secondary N) is 1. The molecule has 5 heteroatoms. The molecule has 16 heavy (non-hydrogen) atoms. The van der Waals surface area contributed by atoms with Crippen molar-refractivity contribution in [1.29, 1.82) is 0 Å². The maximum Gasteiger partial charge on any atom is 0.140 e. The summed E-state index contributed by atoms with van der Waals surface area (Å²) >= 11 is 0. The molecule has 1 fully saturated rings. The van der Waals surface area contributed by atoms with Gasteiger partial charge in [-0.15, -0.1) is 0 Å². The third-order valence-electron chi connectivity index (χ3n) is 3.01. The lowest BCUT2D eigenvalue weighted by Gasteiger charge is -2.38. The number of hydrogen-bond acceptors (Lipinski definition) is 4. The number of hydrogen-bond donors (Lipinski definition) is 1. The lowest BCUT2D eigenvalue weighted by Crippen LogP contribution is -2.56. The van der Waals surface area contributed by atoms with E-state index in [-0.39, 0.29) is 5.54 Å². The highest BCUT2D eigenvalue weighted by Gasteiger charge is 2.26. The summed E-state index contributed by atoms with van der Waals surface area (Å²) in [7, 11) is 0. The van der Waals surface area contributed by atoms with E-state index in [1.165, 1.54) is 0 Å². The van der Waals surface area contributed by atoms with Gasteiger partial charge >= 0.3 is 0 Å². The van der Waals surface area contributed by atoms with Crippen molar-refractivity contribution >= 4 is 0 Å². The van der Waals surface area contributed by atoms with Gasteiger partial charge in [0.2, 0.25) is 0 Å². The Morgan fingerprint density at radius 3 is 3.00 bits per heavy atom. The highest BCUT2D eigenvalue weighted by Crippen LogP contribution is 2.12. The van der Waals surface area contributed by atoms with Crippen LogP contribution >= 0.6 is 0 Å². The van der Waals surface area contributed by atoms with E-state index >= 15 is 0 Å². The number of aryl methyl sites for hydroxylation is 1. The second kappa shape index (κ2) is 4.51. The Labute approximate surface area is 96.8 Å². The molecule has 1 aliphatic rings. The SMILES string of the molecule is CCn1ncnc1CN1CCNC(C)(C)C1. The summed E-state index contributed by atoms with van der Waals surface area (Å²) in [4.78, 5) is 6.76. The standard InChI is InChI=1S/C11H21N5/c1-4-16-10(12-9-14-16)7-15-6-5-13-11(2,3)8-15/h9,13H,4-8H2,1-3H3. The van der Waals surface area contributed by atoms with Gasteiger partial charge in [0, 0.05) is 31.7 Å². The van der Waals surface area contributed by atoms with Crippen LogP contribution in [0.25, 0.3) is 0 Å². The van der Waals surface area contributed by atoms with Gasteiger partial charge in [-0.3, -0.25) is 4.90 Å². The molecule has 1 aromatic heterocycles. The summed E-state index contributed by atoms with van der Waals surface area (Å²) in [5.41, 5.74) is 0.204. The van der Waals surface area contributed by atoms with Gasteiger partial charge in [-0.1, -0.05) is 0 Å². The van der Waals surface area contributed by atoms with E-state index in [1.807, 2.05) is 4.68 Å². The van der Waals surface area contributed by atoms with E-state index in [9.17, 15) is 0 Å². The molecule has 5 nitrogen and oxygen atoms in total. The largest absolute Gasteiger partial charge is 0.309 e. The Hall–Kier alpha value is -0.940. The maximum atomic E-state index is 4.32. The normalized spacial score (nSPS) is 21.2. The van der Waals surface area contributed by atoms with Crippen LogP contribution in [0, 0.1) is 0 Å². The summed E-state index contributed by atoms with van der Waals surface area (Å²) in [5, 5.41) is 7.71. The van der Waals surface area contributed by atoms with Gasteiger partial charge in [0.25, 0.3) is 0 Å². The van der Waals surface area contributed by atoms with Gasteiger partial charge in [0.1, 0.15) is 12.2 Å². The Morgan fingerprint density at radius 2 is 2.31 bits per heavy atom. The van der Waals surface area contributed by atoms with Crippen molar-refractivity contribution in [1.82, 2.24) is 25.0 Å². The van der Waals surface area contributed by atoms with Gasteiger partial charge in [-0.05, 0) is 20.8 Å².